The second-order valence-electron chi connectivity index (χ2n) is 6.09. The molecule has 1 aromatic carbocycles. The summed E-state index contributed by atoms with van der Waals surface area (Å²) in [5, 5.41) is 5.72. The first-order valence-electron chi connectivity index (χ1n) is 8.68. The van der Waals surface area contributed by atoms with E-state index in [1.807, 2.05) is 26.0 Å². The predicted molar refractivity (Wildman–Crippen MR) is 99.8 cm³/mol. The van der Waals surface area contributed by atoms with E-state index in [2.05, 4.69) is 15.6 Å². The van der Waals surface area contributed by atoms with Gasteiger partial charge in [-0.1, -0.05) is 44.5 Å². The van der Waals surface area contributed by atoms with Gasteiger partial charge in [-0.05, 0) is 24.1 Å². The van der Waals surface area contributed by atoms with E-state index in [-0.39, 0.29) is 24.3 Å². The first-order chi connectivity index (χ1) is 12.6. The Labute approximate surface area is 154 Å². The van der Waals surface area contributed by atoms with Crippen LogP contribution in [0.4, 0.5) is 0 Å². The fraction of sp³-hybridized carbons (Fsp3) is 0.350. The molecule has 2 rings (SSSR count). The lowest BCUT2D eigenvalue weighted by molar-refractivity contribution is -0.124. The third kappa shape index (κ3) is 5.05. The lowest BCUT2D eigenvalue weighted by Gasteiger charge is -2.23. The predicted octanol–water partition coefficient (Wildman–Crippen LogP) is 2.55. The highest BCUT2D eigenvalue weighted by Gasteiger charge is 2.26. The summed E-state index contributed by atoms with van der Waals surface area (Å²) in [7, 11) is 1.54. The van der Waals surface area contributed by atoms with Crippen LogP contribution in [0.5, 0.6) is 5.88 Å². The van der Waals surface area contributed by atoms with Crippen molar-refractivity contribution in [3.8, 4) is 5.88 Å². The van der Waals surface area contributed by atoms with Crippen molar-refractivity contribution in [3.05, 3.63) is 59.8 Å². The topological polar surface area (TPSA) is 80.3 Å². The highest BCUT2D eigenvalue weighted by molar-refractivity contribution is 5.97. The lowest BCUT2D eigenvalue weighted by atomic mass is 9.97. The Morgan fingerprint density at radius 3 is 2.54 bits per heavy atom. The molecule has 0 saturated heterocycles. The summed E-state index contributed by atoms with van der Waals surface area (Å²) in [6.45, 7) is 4.22. The standard InChI is InChI=1S/C20H25N3O3/c1-4-14(2)17(23-18(24)15-9-6-5-7-10-15)19(25)22-13-16-11-8-12-21-20(16)26-3/h5-12,14,17H,4,13H2,1-3H3,(H,22,25)(H,23,24). The van der Waals surface area contributed by atoms with Crippen molar-refractivity contribution in [2.24, 2.45) is 5.92 Å². The maximum absolute atomic E-state index is 12.7. The van der Waals surface area contributed by atoms with Gasteiger partial charge in [0.15, 0.2) is 0 Å². The van der Waals surface area contributed by atoms with Crippen molar-refractivity contribution >= 4 is 11.8 Å². The number of amides is 2. The summed E-state index contributed by atoms with van der Waals surface area (Å²) >= 11 is 0. The van der Waals surface area contributed by atoms with Crippen LogP contribution in [-0.4, -0.2) is 29.9 Å². The van der Waals surface area contributed by atoms with Gasteiger partial charge in [0.05, 0.1) is 7.11 Å². The fourth-order valence-electron chi connectivity index (χ4n) is 2.55. The second kappa shape index (κ2) is 9.56. The molecule has 0 spiro atoms. The number of ether oxygens (including phenoxy) is 1. The van der Waals surface area contributed by atoms with E-state index >= 15 is 0 Å². The molecule has 0 saturated carbocycles. The molecule has 1 heterocycles. The first-order valence-corrected chi connectivity index (χ1v) is 8.68. The minimum atomic E-state index is -0.615. The quantitative estimate of drug-likeness (QED) is 0.763. The summed E-state index contributed by atoms with van der Waals surface area (Å²) in [5.41, 5.74) is 1.31. The molecule has 0 aliphatic carbocycles. The van der Waals surface area contributed by atoms with Crippen LogP contribution in [0.2, 0.25) is 0 Å². The van der Waals surface area contributed by atoms with Crippen molar-refractivity contribution in [1.82, 2.24) is 15.6 Å². The third-order valence-corrected chi connectivity index (χ3v) is 4.31. The molecule has 2 atom stereocenters. The van der Waals surface area contributed by atoms with E-state index in [1.165, 1.54) is 7.11 Å². The molecule has 1 aromatic heterocycles. The van der Waals surface area contributed by atoms with Crippen molar-refractivity contribution in [2.75, 3.05) is 7.11 Å². The Balaban J connectivity index is 2.06. The number of nitrogens with one attached hydrogen (secondary N) is 2. The van der Waals surface area contributed by atoms with Crippen LogP contribution < -0.4 is 15.4 Å². The average molecular weight is 355 g/mol. The highest BCUT2D eigenvalue weighted by Crippen LogP contribution is 2.14. The molecular weight excluding hydrogens is 330 g/mol. The second-order valence-corrected chi connectivity index (χ2v) is 6.09. The Kier molecular flexibility index (Phi) is 7.14. The third-order valence-electron chi connectivity index (χ3n) is 4.31. The summed E-state index contributed by atoms with van der Waals surface area (Å²) in [4.78, 5) is 29.2. The molecule has 6 nitrogen and oxygen atoms in total. The number of hydrogen-bond acceptors (Lipinski definition) is 4. The SMILES string of the molecule is CCC(C)C(NC(=O)c1ccccc1)C(=O)NCc1cccnc1OC. The number of pyridine rings is 1. The average Bonchev–Trinajstić information content (AvgIpc) is 2.70. The molecule has 2 amide bonds. The van der Waals surface area contributed by atoms with Crippen LogP contribution in [0.25, 0.3) is 0 Å². The maximum atomic E-state index is 12.7. The molecule has 0 bridgehead atoms. The van der Waals surface area contributed by atoms with E-state index in [4.69, 9.17) is 4.74 Å². The van der Waals surface area contributed by atoms with Gasteiger partial charge in [-0.3, -0.25) is 9.59 Å². The zero-order valence-corrected chi connectivity index (χ0v) is 15.4. The van der Waals surface area contributed by atoms with E-state index in [0.717, 1.165) is 12.0 Å². The number of aromatic nitrogens is 1. The minimum absolute atomic E-state index is 0.00143. The Bertz CT molecular complexity index is 734. The molecule has 0 aliphatic rings. The molecule has 0 fully saturated rings. The van der Waals surface area contributed by atoms with Gasteiger partial charge in [0.2, 0.25) is 11.8 Å². The zero-order valence-electron chi connectivity index (χ0n) is 15.4. The Morgan fingerprint density at radius 1 is 1.15 bits per heavy atom. The van der Waals surface area contributed by atoms with Gasteiger partial charge in [0.1, 0.15) is 6.04 Å². The smallest absolute Gasteiger partial charge is 0.251 e. The van der Waals surface area contributed by atoms with Gasteiger partial charge >= 0.3 is 0 Å². The van der Waals surface area contributed by atoms with Gasteiger partial charge in [0, 0.05) is 23.9 Å². The van der Waals surface area contributed by atoms with Crippen LogP contribution in [0.3, 0.4) is 0 Å². The summed E-state index contributed by atoms with van der Waals surface area (Å²) in [5.74, 6) is -0.0146. The van der Waals surface area contributed by atoms with E-state index in [0.29, 0.717) is 11.4 Å². The number of carbonyl (C=O) groups excluding carboxylic acids is 2. The van der Waals surface area contributed by atoms with Crippen molar-refractivity contribution in [2.45, 2.75) is 32.9 Å². The Hall–Kier alpha value is -2.89. The van der Waals surface area contributed by atoms with Crippen LogP contribution in [0, 0.1) is 5.92 Å². The van der Waals surface area contributed by atoms with E-state index in [1.54, 1.807) is 36.5 Å². The number of methoxy groups -OCH3 is 1. The van der Waals surface area contributed by atoms with Crippen LogP contribution >= 0.6 is 0 Å². The summed E-state index contributed by atoms with van der Waals surface area (Å²) < 4.78 is 5.20. The van der Waals surface area contributed by atoms with E-state index in [9.17, 15) is 9.59 Å². The zero-order chi connectivity index (χ0) is 18.9. The summed E-state index contributed by atoms with van der Waals surface area (Å²) in [6, 6.07) is 11.9. The van der Waals surface area contributed by atoms with Gasteiger partial charge in [-0.15, -0.1) is 0 Å². The van der Waals surface area contributed by atoms with Gasteiger partial charge in [-0.2, -0.15) is 0 Å². The number of carbonyl (C=O) groups is 2. The van der Waals surface area contributed by atoms with Crippen molar-refractivity contribution in [3.63, 3.8) is 0 Å². The molecule has 0 radical (unpaired) electrons. The van der Waals surface area contributed by atoms with Gasteiger partial charge in [-0.25, -0.2) is 4.98 Å². The molecule has 2 unspecified atom stereocenters. The van der Waals surface area contributed by atoms with Crippen molar-refractivity contribution in [1.29, 1.82) is 0 Å². The molecular formula is C20H25N3O3. The minimum Gasteiger partial charge on any atom is -0.481 e. The number of benzene rings is 1. The summed E-state index contributed by atoms with van der Waals surface area (Å²) in [6.07, 6.45) is 2.40. The molecule has 0 aliphatic heterocycles. The van der Waals surface area contributed by atoms with E-state index < -0.39 is 6.04 Å². The Morgan fingerprint density at radius 2 is 1.88 bits per heavy atom. The fourth-order valence-corrected chi connectivity index (χ4v) is 2.55. The van der Waals surface area contributed by atoms with Crippen molar-refractivity contribution < 1.29 is 14.3 Å². The molecule has 138 valence electrons. The maximum Gasteiger partial charge on any atom is 0.251 e. The molecule has 26 heavy (non-hydrogen) atoms. The molecule has 2 N–H and O–H groups in total. The highest BCUT2D eigenvalue weighted by atomic mass is 16.5. The largest absolute Gasteiger partial charge is 0.481 e. The van der Waals surface area contributed by atoms with Gasteiger partial charge in [0.25, 0.3) is 5.91 Å². The van der Waals surface area contributed by atoms with Crippen LogP contribution in [-0.2, 0) is 11.3 Å². The first kappa shape index (κ1) is 19.4. The van der Waals surface area contributed by atoms with Gasteiger partial charge < -0.3 is 15.4 Å². The monoisotopic (exact) mass is 355 g/mol. The lowest BCUT2D eigenvalue weighted by Crippen LogP contribution is -2.50. The molecule has 6 heteroatoms. The van der Waals surface area contributed by atoms with Crippen LogP contribution in [0.15, 0.2) is 48.7 Å². The number of nitrogens with zero attached hydrogens (tertiary/aromatic N) is 1. The normalized spacial score (nSPS) is 12.7. The number of rotatable bonds is 8. The molecule has 2 aromatic rings. The number of hydrogen-bond donors (Lipinski definition) is 2. The van der Waals surface area contributed by atoms with Crippen LogP contribution in [0.1, 0.15) is 36.2 Å².